The third kappa shape index (κ3) is 45.7. The van der Waals surface area contributed by atoms with Crippen LogP contribution in [-0.4, -0.2) is 131 Å². The first kappa shape index (κ1) is 31.7. The maximum Gasteiger partial charge on any atom is 2.00 e. The summed E-state index contributed by atoms with van der Waals surface area (Å²) in [7, 11) is -10.2. The van der Waals surface area contributed by atoms with Crippen molar-refractivity contribution in [2.24, 2.45) is 0 Å². The van der Waals surface area contributed by atoms with E-state index in [1.54, 1.807) is 0 Å². The summed E-state index contributed by atoms with van der Waals surface area (Å²) in [6.45, 7) is 0. The molecule has 0 atom stereocenters. The maximum atomic E-state index is 9.15. The third-order valence-corrected chi connectivity index (χ3v) is 1.70. The van der Waals surface area contributed by atoms with Crippen molar-refractivity contribution in [1.29, 1.82) is 0 Å². The first-order valence-electron chi connectivity index (χ1n) is 1.94. The van der Waals surface area contributed by atoms with E-state index in [4.69, 9.17) is 28.8 Å². The minimum absolute atomic E-state index is 0. The van der Waals surface area contributed by atoms with Crippen molar-refractivity contribution in [3.05, 3.63) is 0 Å². The summed E-state index contributed by atoms with van der Waals surface area (Å²) >= 11 is 8.20. The van der Waals surface area contributed by atoms with E-state index in [2.05, 4.69) is 31.7 Å². The molecule has 0 aliphatic carbocycles. The molecule has 0 fully saturated rings. The van der Waals surface area contributed by atoms with Gasteiger partial charge in [0.2, 0.25) is 0 Å². The largest absolute Gasteiger partial charge is 2.00 e. The molecule has 0 bridgehead atoms. The predicted molar refractivity (Wildman–Crippen MR) is 42.6 cm³/mol. The summed E-state index contributed by atoms with van der Waals surface area (Å²) < 4.78 is 5.76. The van der Waals surface area contributed by atoms with Crippen LogP contribution < -0.4 is 28.8 Å². The van der Waals surface area contributed by atoms with Gasteiger partial charge in [0, 0.05) is 23.7 Å². The molecule has 0 aliphatic heterocycles. The standard InChI is InChI=1S/3Ca.2ClO4Si/c;;;2*1-5-6(2,3)4/q3*+2;2*-3. The van der Waals surface area contributed by atoms with Crippen molar-refractivity contribution < 1.29 is 36.7 Å². The number of hydrogen-bond donors (Lipinski definition) is 0. The molecule has 0 amide bonds. The quantitative estimate of drug-likeness (QED) is 0.431. The Bertz CT molecular complexity index is 99.4. The van der Waals surface area contributed by atoms with E-state index >= 15 is 0 Å². The van der Waals surface area contributed by atoms with Gasteiger partial charge in [0.25, 0.3) is 0 Å². The van der Waals surface area contributed by atoms with E-state index in [0.29, 0.717) is 0 Å². The van der Waals surface area contributed by atoms with Crippen LogP contribution in [0.2, 0.25) is 0 Å². The molecular weight excluding hydrogens is 375 g/mol. The monoisotopic (exact) mass is 374 g/mol. The second kappa shape index (κ2) is 16.5. The average molecular weight is 375 g/mol. The molecule has 76 valence electrons. The van der Waals surface area contributed by atoms with E-state index in [0.717, 1.165) is 0 Å². The van der Waals surface area contributed by atoms with Gasteiger partial charge in [-0.1, -0.05) is 18.1 Å². The van der Waals surface area contributed by atoms with Gasteiger partial charge in [-0.05, 0) is 0 Å². The summed E-state index contributed by atoms with van der Waals surface area (Å²) in [5, 5.41) is 0. The minimum atomic E-state index is -5.12. The van der Waals surface area contributed by atoms with Crippen LogP contribution in [0.1, 0.15) is 0 Å². The molecule has 0 N–H and O–H groups in total. The van der Waals surface area contributed by atoms with Crippen molar-refractivity contribution in [1.82, 2.24) is 0 Å². The van der Waals surface area contributed by atoms with E-state index in [1.165, 1.54) is 0 Å². The summed E-state index contributed by atoms with van der Waals surface area (Å²) in [5.41, 5.74) is 0. The van der Waals surface area contributed by atoms with Gasteiger partial charge in [0.1, 0.15) is 0 Å². The average Bonchev–Trinajstić information content (AvgIpc) is 1.86. The second-order valence-electron chi connectivity index (χ2n) is 1.15. The Balaban J connectivity index is -0.0000000370. The first-order chi connectivity index (χ1) is 5.12. The summed E-state index contributed by atoms with van der Waals surface area (Å²) in [4.78, 5) is 54.9. The van der Waals surface area contributed by atoms with Gasteiger partial charge in [-0.3, -0.25) is 0 Å². The fourth-order valence-electron chi connectivity index (χ4n) is 0. The maximum absolute atomic E-state index is 9.15. The van der Waals surface area contributed by atoms with Crippen LogP contribution in [0.3, 0.4) is 0 Å². The van der Waals surface area contributed by atoms with E-state index in [-0.39, 0.29) is 113 Å². The van der Waals surface area contributed by atoms with Gasteiger partial charge in [-0.15, -0.1) is 0 Å². The third-order valence-electron chi connectivity index (χ3n) is 0.189. The Kier molecular flexibility index (Phi) is 35.0. The van der Waals surface area contributed by atoms with Gasteiger partial charge in [-0.25, -0.2) is 0 Å². The molecular formula is Ca3Cl2O8Si2. The molecule has 0 rings (SSSR count). The zero-order chi connectivity index (χ0) is 10.4. The van der Waals surface area contributed by atoms with Gasteiger partial charge in [0.05, 0.1) is 0 Å². The van der Waals surface area contributed by atoms with E-state index in [9.17, 15) is 0 Å². The Hall–Kier alpha value is 4.47. The summed E-state index contributed by atoms with van der Waals surface area (Å²) in [5.74, 6) is 0. The Morgan fingerprint density at radius 1 is 0.600 bits per heavy atom. The van der Waals surface area contributed by atoms with Gasteiger partial charge >= 0.3 is 113 Å². The smallest absolute Gasteiger partial charge is 0.859 e. The van der Waals surface area contributed by atoms with Crippen molar-refractivity contribution in [2.75, 3.05) is 0 Å². The van der Waals surface area contributed by atoms with E-state index in [1.807, 2.05) is 0 Å². The molecule has 0 aromatic heterocycles. The number of halogens is 2. The molecule has 0 aliphatic rings. The van der Waals surface area contributed by atoms with Crippen LogP contribution in [0.25, 0.3) is 0 Å². The van der Waals surface area contributed by atoms with Gasteiger partial charge in [-0.2, -0.15) is 0 Å². The number of rotatable bonds is 2. The zero-order valence-electron chi connectivity index (χ0n) is 7.14. The summed E-state index contributed by atoms with van der Waals surface area (Å²) in [6.07, 6.45) is 0. The Morgan fingerprint density at radius 2 is 0.667 bits per heavy atom. The van der Waals surface area contributed by atoms with Crippen LogP contribution in [-0.2, 0) is 7.96 Å². The molecule has 0 unspecified atom stereocenters. The topological polar surface area (TPSA) is 157 Å². The Labute approximate surface area is 187 Å². The molecule has 0 aromatic rings. The van der Waals surface area contributed by atoms with Crippen LogP contribution in [0.4, 0.5) is 0 Å². The molecule has 0 saturated carbocycles. The van der Waals surface area contributed by atoms with Crippen LogP contribution in [0.5, 0.6) is 0 Å². The first-order valence-corrected chi connectivity index (χ1v) is 5.82. The van der Waals surface area contributed by atoms with Crippen LogP contribution >= 0.6 is 23.7 Å². The molecule has 0 radical (unpaired) electrons. The van der Waals surface area contributed by atoms with Crippen molar-refractivity contribution >= 4 is 155 Å². The van der Waals surface area contributed by atoms with Crippen molar-refractivity contribution in [3.63, 3.8) is 0 Å². The van der Waals surface area contributed by atoms with Crippen molar-refractivity contribution in [3.8, 4) is 0 Å². The van der Waals surface area contributed by atoms with Crippen LogP contribution in [0, 0.1) is 0 Å². The van der Waals surface area contributed by atoms with E-state index < -0.39 is 18.1 Å². The predicted octanol–water partition coefficient (Wildman–Crippen LogP) is -7.80. The SMILES string of the molecule is [Ca+2].[Ca+2].[Ca+2].[O-][Si]([O-])([O-])OCl.[O-][Si]([O-])([O-])OCl. The van der Waals surface area contributed by atoms with Crippen molar-refractivity contribution in [2.45, 2.75) is 0 Å². The molecule has 0 heterocycles. The molecule has 15 heteroatoms. The fraction of sp³-hybridized carbons (Fsp3) is 0. The minimum Gasteiger partial charge on any atom is -0.859 e. The zero-order valence-corrected chi connectivity index (χ0v) is 17.3. The second-order valence-corrected chi connectivity index (χ2v) is 4.39. The molecule has 0 spiro atoms. The molecule has 8 nitrogen and oxygen atoms in total. The summed E-state index contributed by atoms with van der Waals surface area (Å²) in [6, 6.07) is 0. The molecule has 15 heavy (non-hydrogen) atoms. The normalized spacial score (nSPS) is 9.60. The van der Waals surface area contributed by atoms with Gasteiger partial charge < -0.3 is 36.7 Å². The number of hydrogen-bond acceptors (Lipinski definition) is 8. The molecule has 0 saturated heterocycles. The molecule has 0 aromatic carbocycles. The van der Waals surface area contributed by atoms with Gasteiger partial charge in [0.15, 0.2) is 0 Å². The fourth-order valence-corrected chi connectivity index (χ4v) is 0. The van der Waals surface area contributed by atoms with Crippen LogP contribution in [0.15, 0.2) is 0 Å². The Morgan fingerprint density at radius 3 is 0.667 bits per heavy atom.